The number of carbonyl (C=O) groups excluding carboxylic acids is 1. The molecule has 1 rings (SSSR count). The van der Waals surface area contributed by atoms with E-state index in [-0.39, 0.29) is 12.2 Å². The molecule has 6 heteroatoms. The van der Waals surface area contributed by atoms with Gasteiger partial charge in [-0.3, -0.25) is 4.89 Å². The maximum absolute atomic E-state index is 11.8. The zero-order valence-corrected chi connectivity index (χ0v) is 12.6. The molecule has 0 saturated carbocycles. The lowest BCUT2D eigenvalue weighted by atomic mass is 10.2. The number of unbranched alkanes of at least 4 members (excludes halogenated alkanes) is 1. The van der Waals surface area contributed by atoms with Gasteiger partial charge in [-0.15, -0.1) is 0 Å². The third-order valence-electron chi connectivity index (χ3n) is 2.65. The normalized spacial score (nSPS) is 10.2. The molecule has 1 aromatic rings. The molecule has 0 aliphatic heterocycles. The van der Waals surface area contributed by atoms with Crippen molar-refractivity contribution in [3.05, 3.63) is 30.4 Å². The topological polar surface area (TPSA) is 63.2 Å². The summed E-state index contributed by atoms with van der Waals surface area (Å²) in [6.07, 6.45) is 2.05. The fourth-order valence-corrected chi connectivity index (χ4v) is 1.50. The highest BCUT2D eigenvalue weighted by molar-refractivity contribution is 5.92. The van der Waals surface area contributed by atoms with E-state index < -0.39 is 5.97 Å². The minimum absolute atomic E-state index is 0.249. The summed E-state index contributed by atoms with van der Waals surface area (Å²) in [7, 11) is 2.99. The van der Waals surface area contributed by atoms with Crippen molar-refractivity contribution in [1.29, 1.82) is 0 Å². The van der Waals surface area contributed by atoms with E-state index in [4.69, 9.17) is 19.1 Å². The van der Waals surface area contributed by atoms with E-state index in [0.29, 0.717) is 18.1 Å². The summed E-state index contributed by atoms with van der Waals surface area (Å²) in [6, 6.07) is 4.77. The summed E-state index contributed by atoms with van der Waals surface area (Å²) in [5.41, 5.74) is 0.249. The van der Waals surface area contributed by atoms with E-state index in [1.54, 1.807) is 18.2 Å². The van der Waals surface area contributed by atoms with Crippen LogP contribution >= 0.6 is 0 Å². The van der Waals surface area contributed by atoms with E-state index in [9.17, 15) is 4.79 Å². The van der Waals surface area contributed by atoms with E-state index in [2.05, 4.69) is 11.8 Å². The first-order valence-corrected chi connectivity index (χ1v) is 6.72. The van der Waals surface area contributed by atoms with Gasteiger partial charge in [0.05, 0.1) is 20.8 Å². The minimum Gasteiger partial charge on any atom is -0.497 e. The smallest absolute Gasteiger partial charge is 0.376 e. The first kappa shape index (κ1) is 17.3. The fraction of sp³-hybridized carbons (Fsp3) is 0.467. The molecule has 0 amide bonds. The molecular weight excluding hydrogens is 276 g/mol. The number of hydrogen-bond donors (Lipinski definition) is 0. The molecule has 0 bridgehead atoms. The predicted molar refractivity (Wildman–Crippen MR) is 76.1 cm³/mol. The number of ether oxygens (including phenoxy) is 3. The molecule has 6 nitrogen and oxygen atoms in total. The molecule has 0 spiro atoms. The van der Waals surface area contributed by atoms with Crippen molar-refractivity contribution in [3.63, 3.8) is 0 Å². The van der Waals surface area contributed by atoms with Crippen molar-refractivity contribution < 1.29 is 28.8 Å². The Morgan fingerprint density at radius 3 is 2.71 bits per heavy atom. The molecule has 117 valence electrons. The van der Waals surface area contributed by atoms with Crippen molar-refractivity contribution in [2.24, 2.45) is 0 Å². The van der Waals surface area contributed by atoms with E-state index >= 15 is 0 Å². The lowest BCUT2D eigenvalue weighted by Gasteiger charge is -2.09. The Kier molecular flexibility index (Phi) is 8.23. The van der Waals surface area contributed by atoms with Gasteiger partial charge in [-0.05, 0) is 18.6 Å². The SMILES string of the molecule is CCCCOC[CH]OOC(=O)c1ccc(OC)cc1OC. The monoisotopic (exact) mass is 297 g/mol. The molecule has 0 saturated heterocycles. The van der Waals surface area contributed by atoms with Crippen LogP contribution in [0.1, 0.15) is 30.1 Å². The lowest BCUT2D eigenvalue weighted by Crippen LogP contribution is -2.09. The summed E-state index contributed by atoms with van der Waals surface area (Å²) < 4.78 is 15.4. The number of benzene rings is 1. The third kappa shape index (κ3) is 6.01. The van der Waals surface area contributed by atoms with Crippen molar-refractivity contribution in [2.75, 3.05) is 27.4 Å². The first-order chi connectivity index (χ1) is 10.2. The third-order valence-corrected chi connectivity index (χ3v) is 2.65. The zero-order valence-electron chi connectivity index (χ0n) is 12.6. The van der Waals surface area contributed by atoms with E-state index in [1.165, 1.54) is 20.8 Å². The van der Waals surface area contributed by atoms with Gasteiger partial charge in [0.2, 0.25) is 0 Å². The lowest BCUT2D eigenvalue weighted by molar-refractivity contribution is -0.218. The van der Waals surface area contributed by atoms with Crippen LogP contribution in [-0.4, -0.2) is 33.4 Å². The van der Waals surface area contributed by atoms with Crippen LogP contribution in [0.15, 0.2) is 18.2 Å². The van der Waals surface area contributed by atoms with Gasteiger partial charge in [0.15, 0.2) is 6.61 Å². The van der Waals surface area contributed by atoms with E-state index in [0.717, 1.165) is 12.8 Å². The van der Waals surface area contributed by atoms with Crippen LogP contribution in [0.2, 0.25) is 0 Å². The Hall–Kier alpha value is -1.79. The average Bonchev–Trinajstić information content (AvgIpc) is 2.53. The van der Waals surface area contributed by atoms with Crippen LogP contribution in [-0.2, 0) is 14.5 Å². The van der Waals surface area contributed by atoms with Crippen molar-refractivity contribution >= 4 is 5.97 Å². The van der Waals surface area contributed by atoms with Gasteiger partial charge in [-0.1, -0.05) is 13.3 Å². The molecule has 0 aliphatic carbocycles. The predicted octanol–water partition coefficient (Wildman–Crippen LogP) is 2.77. The number of hydrogen-bond acceptors (Lipinski definition) is 6. The number of methoxy groups -OCH3 is 2. The van der Waals surface area contributed by atoms with E-state index in [1.807, 2.05) is 0 Å². The minimum atomic E-state index is -0.653. The summed E-state index contributed by atoms with van der Waals surface area (Å²) in [6.45, 7) is 4.26. The molecule has 0 aliphatic rings. The molecule has 0 unspecified atom stereocenters. The van der Waals surface area contributed by atoms with Crippen molar-refractivity contribution in [1.82, 2.24) is 0 Å². The van der Waals surface area contributed by atoms with Gasteiger partial charge >= 0.3 is 5.97 Å². The second-order valence-corrected chi connectivity index (χ2v) is 4.13. The van der Waals surface area contributed by atoms with Crippen LogP contribution in [0.25, 0.3) is 0 Å². The Bertz CT molecular complexity index is 432. The second kappa shape index (κ2) is 10.0. The molecule has 0 aromatic heterocycles. The summed E-state index contributed by atoms with van der Waals surface area (Å²) in [4.78, 5) is 21.2. The molecule has 21 heavy (non-hydrogen) atoms. The van der Waals surface area contributed by atoms with Gasteiger partial charge < -0.3 is 14.2 Å². The average molecular weight is 297 g/mol. The van der Waals surface area contributed by atoms with Gasteiger partial charge in [0.1, 0.15) is 17.1 Å². The Morgan fingerprint density at radius 1 is 1.24 bits per heavy atom. The van der Waals surface area contributed by atoms with Gasteiger partial charge in [0, 0.05) is 12.7 Å². The molecule has 1 radical (unpaired) electrons. The highest BCUT2D eigenvalue weighted by Crippen LogP contribution is 2.25. The Balaban J connectivity index is 2.38. The molecule has 0 heterocycles. The molecule has 0 atom stereocenters. The highest BCUT2D eigenvalue weighted by atomic mass is 17.2. The summed E-state index contributed by atoms with van der Waals surface area (Å²) >= 11 is 0. The molecule has 0 fully saturated rings. The fourth-order valence-electron chi connectivity index (χ4n) is 1.50. The van der Waals surface area contributed by atoms with Gasteiger partial charge in [-0.2, -0.15) is 4.89 Å². The molecule has 0 N–H and O–H groups in total. The number of carbonyl (C=O) groups is 1. The van der Waals surface area contributed by atoms with Crippen LogP contribution in [0.4, 0.5) is 0 Å². The Morgan fingerprint density at radius 2 is 2.05 bits per heavy atom. The second-order valence-electron chi connectivity index (χ2n) is 4.13. The maximum Gasteiger partial charge on any atom is 0.376 e. The van der Waals surface area contributed by atoms with Gasteiger partial charge in [-0.25, -0.2) is 4.79 Å². The van der Waals surface area contributed by atoms with Crippen LogP contribution in [0.5, 0.6) is 11.5 Å². The highest BCUT2D eigenvalue weighted by Gasteiger charge is 2.15. The number of rotatable bonds is 10. The molecule has 1 aromatic carbocycles. The van der Waals surface area contributed by atoms with Crippen LogP contribution < -0.4 is 9.47 Å². The molecular formula is C15H21O6. The zero-order chi connectivity index (χ0) is 15.5. The standard InChI is InChI=1S/C15H21O6/c1-4-5-8-19-9-10-20-21-15(16)13-7-6-12(17-2)11-14(13)18-3/h6-7,10-11H,4-5,8-9H2,1-3H3. The summed E-state index contributed by atoms with van der Waals surface area (Å²) in [5.74, 6) is 0.279. The quantitative estimate of drug-likeness (QED) is 0.376. The summed E-state index contributed by atoms with van der Waals surface area (Å²) in [5, 5.41) is 0. The van der Waals surface area contributed by atoms with Crippen LogP contribution in [0, 0.1) is 6.61 Å². The van der Waals surface area contributed by atoms with Gasteiger partial charge in [0.25, 0.3) is 0 Å². The first-order valence-electron chi connectivity index (χ1n) is 6.72. The maximum atomic E-state index is 11.8. The van der Waals surface area contributed by atoms with Crippen LogP contribution in [0.3, 0.4) is 0 Å². The Labute approximate surface area is 124 Å². The van der Waals surface area contributed by atoms with Crippen molar-refractivity contribution in [2.45, 2.75) is 19.8 Å². The largest absolute Gasteiger partial charge is 0.497 e. The van der Waals surface area contributed by atoms with Crippen molar-refractivity contribution in [3.8, 4) is 11.5 Å².